The van der Waals surface area contributed by atoms with E-state index in [0.29, 0.717) is 27.9 Å². The second-order valence-electron chi connectivity index (χ2n) is 10.1. The number of carboxylic acid groups (broad SMARTS) is 1. The predicted octanol–water partition coefficient (Wildman–Crippen LogP) is 4.70. The number of aliphatic carboxylic acids is 1. The number of carbonyl (C=O) groups is 4. The number of esters is 2. The number of hydrogen-bond donors (Lipinski definition) is 2. The van der Waals surface area contributed by atoms with E-state index in [-0.39, 0.29) is 11.1 Å². The molecule has 3 aromatic rings. The Labute approximate surface area is 230 Å². The average Bonchev–Trinajstić information content (AvgIpc) is 2.93. The Hall–Kier alpha value is -4.98. The molecule has 3 aliphatic carbocycles. The average molecular weight is 538 g/mol. The zero-order chi connectivity index (χ0) is 28.8. The monoisotopic (exact) mass is 537 g/mol. The standard InChI is InChI=1S/C32H27NO7/c1-18(2)29(37)39-31-21-14-8-10-16-23(21)32(40-30(38)19(3)4,24-17-11-9-15-22(24)31)26(28(35)36)25(31)27(34)33-20-12-6-5-7-13-20/h5-17,25-26H,1,3H2,2,4H3,(H,33,34)(H,35,36). The lowest BCUT2D eigenvalue weighted by molar-refractivity contribution is -0.200. The first-order valence-corrected chi connectivity index (χ1v) is 12.6. The predicted molar refractivity (Wildman–Crippen MR) is 146 cm³/mol. The number of hydrogen-bond acceptors (Lipinski definition) is 6. The fourth-order valence-electron chi connectivity index (χ4n) is 5.90. The lowest BCUT2D eigenvalue weighted by atomic mass is 9.49. The van der Waals surface area contributed by atoms with Gasteiger partial charge in [-0.05, 0) is 26.0 Å². The summed E-state index contributed by atoms with van der Waals surface area (Å²) < 4.78 is 12.3. The van der Waals surface area contributed by atoms with Crippen LogP contribution in [0.2, 0.25) is 0 Å². The molecule has 0 fully saturated rings. The first-order chi connectivity index (χ1) is 19.1. The van der Waals surface area contributed by atoms with E-state index in [1.54, 1.807) is 78.9 Å². The van der Waals surface area contributed by atoms with Crippen LogP contribution < -0.4 is 5.32 Å². The molecule has 1 amide bonds. The Kier molecular flexibility index (Phi) is 6.42. The molecule has 0 saturated carbocycles. The molecule has 2 unspecified atom stereocenters. The Morgan fingerprint density at radius 2 is 1.05 bits per heavy atom. The van der Waals surface area contributed by atoms with E-state index >= 15 is 0 Å². The Bertz CT molecular complexity index is 1540. The number of para-hydroxylation sites is 1. The Morgan fingerprint density at radius 1 is 0.675 bits per heavy atom. The van der Waals surface area contributed by atoms with Crippen molar-refractivity contribution in [3.05, 3.63) is 125 Å². The van der Waals surface area contributed by atoms with Gasteiger partial charge in [-0.2, -0.15) is 0 Å². The molecule has 0 aliphatic heterocycles. The van der Waals surface area contributed by atoms with Crippen molar-refractivity contribution < 1.29 is 33.8 Å². The number of rotatable bonds is 7. The van der Waals surface area contributed by atoms with Gasteiger partial charge in [0.15, 0.2) is 11.2 Å². The van der Waals surface area contributed by atoms with Crippen molar-refractivity contribution in [2.45, 2.75) is 25.0 Å². The highest BCUT2D eigenvalue weighted by molar-refractivity contribution is 6.00. The summed E-state index contributed by atoms with van der Waals surface area (Å²) in [6, 6.07) is 21.8. The van der Waals surface area contributed by atoms with Crippen LogP contribution in [0.15, 0.2) is 103 Å². The number of carboxylic acids is 1. The molecule has 0 heterocycles. The van der Waals surface area contributed by atoms with Crippen LogP contribution in [0.1, 0.15) is 36.1 Å². The van der Waals surface area contributed by atoms with Crippen LogP contribution >= 0.6 is 0 Å². The molecule has 40 heavy (non-hydrogen) atoms. The summed E-state index contributed by atoms with van der Waals surface area (Å²) in [7, 11) is 0. The minimum absolute atomic E-state index is 0.0508. The number of benzene rings is 3. The highest BCUT2D eigenvalue weighted by Crippen LogP contribution is 2.65. The van der Waals surface area contributed by atoms with Crippen LogP contribution in [-0.4, -0.2) is 28.9 Å². The molecule has 0 radical (unpaired) electrons. The van der Waals surface area contributed by atoms with Crippen LogP contribution in [-0.2, 0) is 39.9 Å². The van der Waals surface area contributed by atoms with Crippen LogP contribution in [0, 0.1) is 11.8 Å². The summed E-state index contributed by atoms with van der Waals surface area (Å²) in [4.78, 5) is 54.0. The molecule has 0 aromatic heterocycles. The van der Waals surface area contributed by atoms with Gasteiger partial charge < -0.3 is 19.9 Å². The van der Waals surface area contributed by atoms with E-state index < -0.39 is 46.9 Å². The highest BCUT2D eigenvalue weighted by Gasteiger charge is 2.73. The fraction of sp³-hybridized carbons (Fsp3) is 0.188. The van der Waals surface area contributed by atoms with Gasteiger partial charge in [-0.15, -0.1) is 0 Å². The molecule has 0 saturated heterocycles. The fourth-order valence-corrected chi connectivity index (χ4v) is 5.90. The van der Waals surface area contributed by atoms with Gasteiger partial charge in [0, 0.05) is 39.1 Å². The van der Waals surface area contributed by atoms with Gasteiger partial charge in [0.2, 0.25) is 5.91 Å². The minimum atomic E-state index is -1.94. The van der Waals surface area contributed by atoms with Crippen LogP contribution in [0.5, 0.6) is 0 Å². The molecule has 8 heteroatoms. The summed E-state index contributed by atoms with van der Waals surface area (Å²) in [6.45, 7) is 10.3. The number of anilines is 1. The van der Waals surface area contributed by atoms with Gasteiger partial charge in [-0.3, -0.25) is 9.59 Å². The minimum Gasteiger partial charge on any atom is -0.481 e. The SMILES string of the molecule is C=C(C)C(=O)OC12c3ccccc3C(OC(=O)C(=C)C)(c3ccccc31)C(C(=O)Nc1ccccc1)C2C(=O)O. The molecule has 8 nitrogen and oxygen atoms in total. The largest absolute Gasteiger partial charge is 0.481 e. The van der Waals surface area contributed by atoms with E-state index in [1.165, 1.54) is 13.8 Å². The number of fused-ring (bicyclic) bond motifs is 1. The summed E-state index contributed by atoms with van der Waals surface area (Å²) in [5.74, 6) is -7.03. The van der Waals surface area contributed by atoms with Gasteiger partial charge >= 0.3 is 17.9 Å². The van der Waals surface area contributed by atoms with Crippen molar-refractivity contribution in [3.8, 4) is 0 Å². The quantitative estimate of drug-likeness (QED) is 0.331. The maximum absolute atomic E-state index is 14.3. The maximum Gasteiger partial charge on any atom is 0.334 e. The molecule has 0 spiro atoms. The summed E-state index contributed by atoms with van der Waals surface area (Å²) >= 11 is 0. The van der Waals surface area contributed by atoms with Crippen molar-refractivity contribution in [2.24, 2.45) is 11.8 Å². The third kappa shape index (κ3) is 3.75. The van der Waals surface area contributed by atoms with Crippen molar-refractivity contribution in [3.63, 3.8) is 0 Å². The Balaban J connectivity index is 1.90. The van der Waals surface area contributed by atoms with E-state index in [0.717, 1.165) is 0 Å². The maximum atomic E-state index is 14.3. The first kappa shape index (κ1) is 26.6. The van der Waals surface area contributed by atoms with Gasteiger partial charge in [-0.25, -0.2) is 9.59 Å². The lowest BCUT2D eigenvalue weighted by Crippen LogP contribution is -2.67. The molecule has 3 aliphatic rings. The van der Waals surface area contributed by atoms with E-state index in [1.807, 2.05) is 0 Å². The smallest absolute Gasteiger partial charge is 0.334 e. The van der Waals surface area contributed by atoms with E-state index in [4.69, 9.17) is 9.47 Å². The molecule has 2 N–H and O–H groups in total. The zero-order valence-electron chi connectivity index (χ0n) is 22.0. The summed E-state index contributed by atoms with van der Waals surface area (Å²) in [5, 5.41) is 13.6. The van der Waals surface area contributed by atoms with Gasteiger partial charge in [0.1, 0.15) is 11.8 Å². The third-order valence-electron chi connectivity index (χ3n) is 7.46. The summed E-state index contributed by atoms with van der Waals surface area (Å²) in [5.41, 5.74) is -2.03. The van der Waals surface area contributed by atoms with Crippen molar-refractivity contribution in [1.29, 1.82) is 0 Å². The zero-order valence-corrected chi connectivity index (χ0v) is 22.0. The molecule has 2 atom stereocenters. The van der Waals surface area contributed by atoms with E-state index in [9.17, 15) is 24.3 Å². The molecular formula is C32H27NO7. The van der Waals surface area contributed by atoms with Gasteiger partial charge in [-0.1, -0.05) is 79.9 Å². The second-order valence-corrected chi connectivity index (χ2v) is 10.1. The van der Waals surface area contributed by atoms with Crippen LogP contribution in [0.3, 0.4) is 0 Å². The molecule has 3 aromatic carbocycles. The van der Waals surface area contributed by atoms with Crippen molar-refractivity contribution in [1.82, 2.24) is 0 Å². The van der Waals surface area contributed by atoms with Gasteiger partial charge in [0.25, 0.3) is 0 Å². The third-order valence-corrected chi connectivity index (χ3v) is 7.46. The van der Waals surface area contributed by atoms with Crippen molar-refractivity contribution in [2.75, 3.05) is 5.32 Å². The first-order valence-electron chi connectivity index (χ1n) is 12.6. The van der Waals surface area contributed by atoms with Gasteiger partial charge in [0.05, 0.1) is 0 Å². The number of ether oxygens (including phenoxy) is 2. The second kappa shape index (κ2) is 9.64. The van der Waals surface area contributed by atoms with Crippen LogP contribution in [0.4, 0.5) is 5.69 Å². The lowest BCUT2D eigenvalue weighted by Gasteiger charge is -2.59. The highest BCUT2D eigenvalue weighted by atomic mass is 16.6. The number of nitrogens with one attached hydrogen (secondary N) is 1. The molecular weight excluding hydrogens is 510 g/mol. The normalized spacial score (nSPS) is 23.6. The topological polar surface area (TPSA) is 119 Å². The molecule has 2 bridgehead atoms. The van der Waals surface area contributed by atoms with Crippen molar-refractivity contribution >= 4 is 29.5 Å². The summed E-state index contributed by atoms with van der Waals surface area (Å²) in [6.07, 6.45) is 0. The number of amides is 1. The molecule has 202 valence electrons. The Morgan fingerprint density at radius 3 is 1.43 bits per heavy atom. The van der Waals surface area contributed by atoms with Crippen LogP contribution in [0.25, 0.3) is 0 Å². The number of carbonyl (C=O) groups excluding carboxylic acids is 3. The van der Waals surface area contributed by atoms with E-state index in [2.05, 4.69) is 18.5 Å². The molecule has 6 rings (SSSR count).